The lowest BCUT2D eigenvalue weighted by Crippen LogP contribution is -2.17. The summed E-state index contributed by atoms with van der Waals surface area (Å²) in [5, 5.41) is 0. The lowest BCUT2D eigenvalue weighted by Gasteiger charge is -2.18. The van der Waals surface area contributed by atoms with Crippen molar-refractivity contribution in [3.63, 3.8) is 0 Å². The monoisotopic (exact) mass is 196 g/mol. The average molecular weight is 196 g/mol. The van der Waals surface area contributed by atoms with Crippen LogP contribution in [0.15, 0.2) is 24.5 Å². The first kappa shape index (κ1) is 13.0. The molecule has 1 aromatic heterocycles. The van der Waals surface area contributed by atoms with Gasteiger partial charge in [-0.2, -0.15) is 0 Å². The molecule has 0 bridgehead atoms. The number of nitrogens with zero attached hydrogens (tertiary/aromatic N) is 2. The Morgan fingerprint density at radius 2 is 2.21 bits per heavy atom. The molecular weight excluding hydrogens is 176 g/mol. The molecule has 80 valence electrons. The maximum atomic E-state index is 4.14. The predicted octanol–water partition coefficient (Wildman–Crippen LogP) is 2.17. The third-order valence-electron chi connectivity index (χ3n) is 2.59. The molecule has 4 nitrogen and oxygen atoms in total. The fraction of sp³-hybridized carbons (Fsp3) is 0.500. The van der Waals surface area contributed by atoms with Gasteiger partial charge in [0.1, 0.15) is 0 Å². The van der Waals surface area contributed by atoms with Crippen LogP contribution in [0.2, 0.25) is 0 Å². The van der Waals surface area contributed by atoms with Crippen molar-refractivity contribution in [2.24, 2.45) is 0 Å². The van der Waals surface area contributed by atoms with E-state index in [-0.39, 0.29) is 12.3 Å². The number of aromatic nitrogens is 1. The van der Waals surface area contributed by atoms with Gasteiger partial charge in [0.2, 0.25) is 0 Å². The summed E-state index contributed by atoms with van der Waals surface area (Å²) in [6, 6.07) is 4.79. The van der Waals surface area contributed by atoms with Crippen LogP contribution < -0.4 is 12.3 Å². The van der Waals surface area contributed by atoms with E-state index in [9.17, 15) is 0 Å². The average Bonchev–Trinajstić information content (AvgIpc) is 2.53. The Labute approximate surface area is 85.5 Å². The van der Waals surface area contributed by atoms with Gasteiger partial charge in [-0.3, -0.25) is 9.88 Å². The quantitative estimate of drug-likeness (QED) is 0.720. The Morgan fingerprint density at radius 3 is 2.71 bits per heavy atom. The summed E-state index contributed by atoms with van der Waals surface area (Å²) in [5.41, 5.74) is 1.36. The van der Waals surface area contributed by atoms with Gasteiger partial charge < -0.3 is 12.3 Å². The zero-order valence-corrected chi connectivity index (χ0v) is 8.82. The van der Waals surface area contributed by atoms with Crippen molar-refractivity contribution in [2.45, 2.75) is 18.9 Å². The standard InChI is InChI=1S/C10H14N2.2H3N/c1-12-7-3-5-10(12)9-4-2-6-11-8-9;;/h2,4,6,8,10H,3,5,7H2,1H3;2*1H3. The molecule has 0 spiro atoms. The van der Waals surface area contributed by atoms with Crippen LogP contribution in [0.4, 0.5) is 0 Å². The molecule has 1 atom stereocenters. The van der Waals surface area contributed by atoms with Gasteiger partial charge in [-0.15, -0.1) is 0 Å². The van der Waals surface area contributed by atoms with Gasteiger partial charge in [0.15, 0.2) is 0 Å². The van der Waals surface area contributed by atoms with Crippen molar-refractivity contribution in [1.82, 2.24) is 22.2 Å². The van der Waals surface area contributed by atoms with Crippen LogP contribution in [0.5, 0.6) is 0 Å². The van der Waals surface area contributed by atoms with E-state index in [0.717, 1.165) is 0 Å². The number of likely N-dealkylation sites (tertiary alicyclic amines) is 1. The molecule has 0 saturated carbocycles. The van der Waals surface area contributed by atoms with Gasteiger partial charge >= 0.3 is 0 Å². The second kappa shape index (κ2) is 5.70. The third-order valence-corrected chi connectivity index (χ3v) is 2.59. The van der Waals surface area contributed by atoms with Crippen molar-refractivity contribution in [3.8, 4) is 0 Å². The summed E-state index contributed by atoms with van der Waals surface area (Å²) in [6.07, 6.45) is 6.41. The maximum absolute atomic E-state index is 4.14. The van der Waals surface area contributed by atoms with Gasteiger partial charge in [0, 0.05) is 18.4 Å². The largest absolute Gasteiger partial charge is 0.344 e. The van der Waals surface area contributed by atoms with Crippen molar-refractivity contribution in [3.05, 3.63) is 30.1 Å². The first-order valence-corrected chi connectivity index (χ1v) is 4.48. The summed E-state index contributed by atoms with van der Waals surface area (Å²) in [5.74, 6) is 0. The smallest absolute Gasteiger partial charge is 0.0360 e. The molecule has 1 fully saturated rings. The van der Waals surface area contributed by atoms with Gasteiger partial charge in [-0.25, -0.2) is 0 Å². The highest BCUT2D eigenvalue weighted by Crippen LogP contribution is 2.29. The second-order valence-electron chi connectivity index (χ2n) is 3.42. The summed E-state index contributed by atoms with van der Waals surface area (Å²) in [4.78, 5) is 6.54. The predicted molar refractivity (Wildman–Crippen MR) is 58.9 cm³/mol. The summed E-state index contributed by atoms with van der Waals surface area (Å²) in [7, 11) is 2.19. The molecule has 2 heterocycles. The van der Waals surface area contributed by atoms with Gasteiger partial charge in [0.25, 0.3) is 0 Å². The molecule has 0 amide bonds. The van der Waals surface area contributed by atoms with Gasteiger partial charge in [-0.1, -0.05) is 6.07 Å². The molecule has 2 rings (SSSR count). The van der Waals surface area contributed by atoms with Crippen LogP contribution in [0.25, 0.3) is 0 Å². The molecule has 1 aromatic rings. The van der Waals surface area contributed by atoms with Crippen LogP contribution >= 0.6 is 0 Å². The molecule has 1 saturated heterocycles. The van der Waals surface area contributed by atoms with Crippen molar-refractivity contribution < 1.29 is 0 Å². The molecule has 1 unspecified atom stereocenters. The Hall–Kier alpha value is -0.970. The zero-order chi connectivity index (χ0) is 8.39. The van der Waals surface area contributed by atoms with E-state index in [1.165, 1.54) is 24.9 Å². The lowest BCUT2D eigenvalue weighted by molar-refractivity contribution is 0.317. The minimum absolute atomic E-state index is 0. The molecular formula is C10H20N4. The van der Waals surface area contributed by atoms with Gasteiger partial charge in [0.05, 0.1) is 0 Å². The van der Waals surface area contributed by atoms with E-state index in [4.69, 9.17) is 0 Å². The minimum Gasteiger partial charge on any atom is -0.344 e. The summed E-state index contributed by atoms with van der Waals surface area (Å²) >= 11 is 0. The Kier molecular flexibility index (Phi) is 5.30. The molecule has 4 heteroatoms. The number of pyridine rings is 1. The van der Waals surface area contributed by atoms with Crippen LogP contribution in [0.1, 0.15) is 24.4 Å². The Bertz CT molecular complexity index is 250. The van der Waals surface area contributed by atoms with E-state index >= 15 is 0 Å². The number of hydrogen-bond donors (Lipinski definition) is 2. The molecule has 1 aliphatic rings. The maximum Gasteiger partial charge on any atom is 0.0360 e. The highest BCUT2D eigenvalue weighted by atomic mass is 15.1. The minimum atomic E-state index is 0. The lowest BCUT2D eigenvalue weighted by atomic mass is 10.1. The van der Waals surface area contributed by atoms with E-state index in [0.29, 0.717) is 6.04 Å². The Balaban J connectivity index is 0.000000845. The Morgan fingerprint density at radius 1 is 1.43 bits per heavy atom. The molecule has 0 aliphatic carbocycles. The number of hydrogen-bond acceptors (Lipinski definition) is 4. The first-order chi connectivity index (χ1) is 5.88. The van der Waals surface area contributed by atoms with Crippen molar-refractivity contribution >= 4 is 0 Å². The van der Waals surface area contributed by atoms with E-state index in [1.807, 2.05) is 18.5 Å². The summed E-state index contributed by atoms with van der Waals surface area (Å²) in [6.45, 7) is 1.22. The van der Waals surface area contributed by atoms with E-state index < -0.39 is 0 Å². The van der Waals surface area contributed by atoms with Crippen molar-refractivity contribution in [1.29, 1.82) is 0 Å². The van der Waals surface area contributed by atoms with Crippen molar-refractivity contribution in [2.75, 3.05) is 13.6 Å². The molecule has 6 N–H and O–H groups in total. The van der Waals surface area contributed by atoms with Crippen LogP contribution in [0.3, 0.4) is 0 Å². The summed E-state index contributed by atoms with van der Waals surface area (Å²) < 4.78 is 0. The number of rotatable bonds is 1. The van der Waals surface area contributed by atoms with Crippen LogP contribution in [0, 0.1) is 0 Å². The molecule has 0 aromatic carbocycles. The third kappa shape index (κ3) is 2.51. The highest BCUT2D eigenvalue weighted by molar-refractivity contribution is 5.14. The fourth-order valence-corrected chi connectivity index (χ4v) is 1.90. The van der Waals surface area contributed by atoms with Crippen LogP contribution in [-0.2, 0) is 0 Å². The first-order valence-electron chi connectivity index (χ1n) is 4.48. The topological polar surface area (TPSA) is 86.1 Å². The van der Waals surface area contributed by atoms with E-state index in [2.05, 4.69) is 23.0 Å². The highest BCUT2D eigenvalue weighted by Gasteiger charge is 2.21. The van der Waals surface area contributed by atoms with Crippen LogP contribution in [-0.4, -0.2) is 23.5 Å². The second-order valence-corrected chi connectivity index (χ2v) is 3.42. The zero-order valence-electron chi connectivity index (χ0n) is 8.82. The SMILES string of the molecule is CN1CCCC1c1cccnc1.N.N. The van der Waals surface area contributed by atoms with E-state index in [1.54, 1.807) is 0 Å². The molecule has 14 heavy (non-hydrogen) atoms. The van der Waals surface area contributed by atoms with Gasteiger partial charge in [-0.05, 0) is 38.1 Å². The normalized spacial score (nSPS) is 21.1. The fourth-order valence-electron chi connectivity index (χ4n) is 1.90. The molecule has 0 radical (unpaired) electrons. The molecule has 1 aliphatic heterocycles.